The van der Waals surface area contributed by atoms with Crippen molar-refractivity contribution < 1.29 is 9.53 Å². The Morgan fingerprint density at radius 2 is 2.12 bits per heavy atom. The minimum atomic E-state index is -0.398. The SMILES string of the molecule is CCNC(C)(CC(=O)OC)c1ccncc1. The minimum Gasteiger partial charge on any atom is -0.469 e. The smallest absolute Gasteiger partial charge is 0.307 e. The van der Waals surface area contributed by atoms with Crippen molar-refractivity contribution in [3.8, 4) is 0 Å². The summed E-state index contributed by atoms with van der Waals surface area (Å²) < 4.78 is 4.72. The Labute approximate surface area is 96.0 Å². The number of pyridine rings is 1. The summed E-state index contributed by atoms with van der Waals surface area (Å²) in [6.07, 6.45) is 3.76. The Morgan fingerprint density at radius 3 is 2.62 bits per heavy atom. The molecule has 0 aliphatic rings. The van der Waals surface area contributed by atoms with E-state index in [1.807, 2.05) is 26.0 Å². The summed E-state index contributed by atoms with van der Waals surface area (Å²) in [4.78, 5) is 15.4. The highest BCUT2D eigenvalue weighted by molar-refractivity contribution is 5.71. The zero-order chi connectivity index (χ0) is 12.0. The van der Waals surface area contributed by atoms with Gasteiger partial charge in [-0.3, -0.25) is 9.78 Å². The fraction of sp³-hybridized carbons (Fsp3) is 0.500. The summed E-state index contributed by atoms with van der Waals surface area (Å²) in [6, 6.07) is 3.82. The molecule has 0 aliphatic carbocycles. The number of carbonyl (C=O) groups excluding carboxylic acids is 1. The van der Waals surface area contributed by atoms with Crippen molar-refractivity contribution in [1.82, 2.24) is 10.3 Å². The van der Waals surface area contributed by atoms with E-state index >= 15 is 0 Å². The van der Waals surface area contributed by atoms with Crippen LogP contribution >= 0.6 is 0 Å². The van der Waals surface area contributed by atoms with E-state index in [1.165, 1.54) is 7.11 Å². The molecule has 0 radical (unpaired) electrons. The Morgan fingerprint density at radius 1 is 1.50 bits per heavy atom. The Balaban J connectivity index is 2.92. The van der Waals surface area contributed by atoms with Crippen LogP contribution in [0.3, 0.4) is 0 Å². The summed E-state index contributed by atoms with van der Waals surface area (Å²) in [5.41, 5.74) is 0.639. The predicted molar refractivity (Wildman–Crippen MR) is 61.9 cm³/mol. The minimum absolute atomic E-state index is 0.222. The van der Waals surface area contributed by atoms with Crippen LogP contribution < -0.4 is 5.32 Å². The Hall–Kier alpha value is -1.42. The third-order valence-corrected chi connectivity index (χ3v) is 2.61. The van der Waals surface area contributed by atoms with Crippen LogP contribution in [0.25, 0.3) is 0 Å². The largest absolute Gasteiger partial charge is 0.469 e. The molecule has 88 valence electrons. The molecule has 0 fully saturated rings. The summed E-state index contributed by atoms with van der Waals surface area (Å²) in [6.45, 7) is 4.79. The second kappa shape index (κ2) is 5.61. The molecule has 4 nitrogen and oxygen atoms in total. The first-order valence-corrected chi connectivity index (χ1v) is 5.34. The molecule has 0 bridgehead atoms. The average molecular weight is 222 g/mol. The number of aromatic nitrogens is 1. The van der Waals surface area contributed by atoms with E-state index in [1.54, 1.807) is 12.4 Å². The maximum atomic E-state index is 11.4. The maximum Gasteiger partial charge on any atom is 0.307 e. The third kappa shape index (κ3) is 3.03. The number of nitrogens with one attached hydrogen (secondary N) is 1. The van der Waals surface area contributed by atoms with Gasteiger partial charge in [-0.15, -0.1) is 0 Å². The molecular weight excluding hydrogens is 204 g/mol. The number of rotatable bonds is 5. The molecule has 0 amide bonds. The first-order chi connectivity index (χ1) is 7.62. The first kappa shape index (κ1) is 12.6. The zero-order valence-electron chi connectivity index (χ0n) is 9.99. The number of esters is 1. The summed E-state index contributed by atoms with van der Waals surface area (Å²) in [5.74, 6) is -0.222. The molecule has 16 heavy (non-hydrogen) atoms. The third-order valence-electron chi connectivity index (χ3n) is 2.61. The number of hydrogen-bond acceptors (Lipinski definition) is 4. The molecular formula is C12H18N2O2. The van der Waals surface area contributed by atoms with E-state index < -0.39 is 5.54 Å². The highest BCUT2D eigenvalue weighted by Crippen LogP contribution is 2.24. The fourth-order valence-corrected chi connectivity index (χ4v) is 1.74. The number of hydrogen-bond donors (Lipinski definition) is 1. The number of nitrogens with zero attached hydrogens (tertiary/aromatic N) is 1. The monoisotopic (exact) mass is 222 g/mol. The molecule has 1 aromatic rings. The van der Waals surface area contributed by atoms with Gasteiger partial charge in [-0.25, -0.2) is 0 Å². The van der Waals surface area contributed by atoms with E-state index in [9.17, 15) is 4.79 Å². The van der Waals surface area contributed by atoms with Crippen molar-refractivity contribution in [2.75, 3.05) is 13.7 Å². The predicted octanol–water partition coefficient (Wildman–Crippen LogP) is 1.47. The van der Waals surface area contributed by atoms with Gasteiger partial charge in [-0.05, 0) is 31.2 Å². The van der Waals surface area contributed by atoms with E-state index in [2.05, 4.69) is 10.3 Å². The average Bonchev–Trinajstić information content (AvgIpc) is 2.30. The Kier molecular flexibility index (Phi) is 4.43. The van der Waals surface area contributed by atoms with Crippen LogP contribution in [0, 0.1) is 0 Å². The number of carbonyl (C=O) groups is 1. The van der Waals surface area contributed by atoms with Crippen LogP contribution in [-0.2, 0) is 15.1 Å². The van der Waals surface area contributed by atoms with E-state index in [-0.39, 0.29) is 5.97 Å². The Bertz CT molecular complexity index is 340. The van der Waals surface area contributed by atoms with Crippen molar-refractivity contribution in [1.29, 1.82) is 0 Å². The van der Waals surface area contributed by atoms with Crippen LogP contribution in [0.4, 0.5) is 0 Å². The second-order valence-corrected chi connectivity index (χ2v) is 3.85. The van der Waals surface area contributed by atoms with E-state index in [4.69, 9.17) is 4.74 Å². The van der Waals surface area contributed by atoms with Crippen LogP contribution in [0.1, 0.15) is 25.8 Å². The summed E-state index contributed by atoms with van der Waals surface area (Å²) in [5, 5.41) is 3.31. The van der Waals surface area contributed by atoms with Crippen LogP contribution in [-0.4, -0.2) is 24.6 Å². The highest BCUT2D eigenvalue weighted by atomic mass is 16.5. The molecule has 1 N–H and O–H groups in total. The standard InChI is InChI=1S/C12H18N2O2/c1-4-14-12(2,9-11(15)16-3)10-5-7-13-8-6-10/h5-8,14H,4,9H2,1-3H3. The van der Waals surface area contributed by atoms with Gasteiger partial charge in [-0.2, -0.15) is 0 Å². The van der Waals surface area contributed by atoms with Crippen LogP contribution in [0.5, 0.6) is 0 Å². The lowest BCUT2D eigenvalue weighted by molar-refractivity contribution is -0.142. The number of ether oxygens (including phenoxy) is 1. The van der Waals surface area contributed by atoms with E-state index in [0.717, 1.165) is 12.1 Å². The molecule has 4 heteroatoms. The van der Waals surface area contributed by atoms with Gasteiger partial charge < -0.3 is 10.1 Å². The quantitative estimate of drug-likeness (QED) is 0.766. The molecule has 0 saturated carbocycles. The zero-order valence-corrected chi connectivity index (χ0v) is 9.99. The lowest BCUT2D eigenvalue weighted by Crippen LogP contribution is -2.41. The van der Waals surface area contributed by atoms with Crippen molar-refractivity contribution in [2.24, 2.45) is 0 Å². The lowest BCUT2D eigenvalue weighted by atomic mass is 9.89. The van der Waals surface area contributed by atoms with Gasteiger partial charge in [0.05, 0.1) is 19.1 Å². The van der Waals surface area contributed by atoms with Gasteiger partial charge in [0.25, 0.3) is 0 Å². The molecule has 0 saturated heterocycles. The molecule has 1 unspecified atom stereocenters. The molecule has 1 aromatic heterocycles. The van der Waals surface area contributed by atoms with Crippen LogP contribution in [0.15, 0.2) is 24.5 Å². The fourth-order valence-electron chi connectivity index (χ4n) is 1.74. The maximum absolute atomic E-state index is 11.4. The second-order valence-electron chi connectivity index (χ2n) is 3.85. The molecule has 1 rings (SSSR count). The number of methoxy groups -OCH3 is 1. The van der Waals surface area contributed by atoms with Crippen molar-refractivity contribution in [3.63, 3.8) is 0 Å². The molecule has 1 atom stereocenters. The van der Waals surface area contributed by atoms with Gasteiger partial charge in [-0.1, -0.05) is 6.92 Å². The van der Waals surface area contributed by atoms with E-state index in [0.29, 0.717) is 6.42 Å². The van der Waals surface area contributed by atoms with Gasteiger partial charge in [0.2, 0.25) is 0 Å². The van der Waals surface area contributed by atoms with Crippen LogP contribution in [0.2, 0.25) is 0 Å². The van der Waals surface area contributed by atoms with Crippen molar-refractivity contribution in [3.05, 3.63) is 30.1 Å². The summed E-state index contributed by atoms with van der Waals surface area (Å²) in [7, 11) is 1.40. The van der Waals surface area contributed by atoms with Gasteiger partial charge in [0.15, 0.2) is 0 Å². The topological polar surface area (TPSA) is 51.2 Å². The van der Waals surface area contributed by atoms with Gasteiger partial charge in [0.1, 0.15) is 0 Å². The summed E-state index contributed by atoms with van der Waals surface area (Å²) >= 11 is 0. The first-order valence-electron chi connectivity index (χ1n) is 5.34. The molecule has 0 spiro atoms. The lowest BCUT2D eigenvalue weighted by Gasteiger charge is -2.29. The normalized spacial score (nSPS) is 14.2. The highest BCUT2D eigenvalue weighted by Gasteiger charge is 2.28. The van der Waals surface area contributed by atoms with Crippen molar-refractivity contribution in [2.45, 2.75) is 25.8 Å². The molecule has 0 aromatic carbocycles. The van der Waals surface area contributed by atoms with Gasteiger partial charge >= 0.3 is 5.97 Å². The van der Waals surface area contributed by atoms with Gasteiger partial charge in [0, 0.05) is 12.4 Å². The molecule has 0 aliphatic heterocycles. The molecule has 1 heterocycles. The van der Waals surface area contributed by atoms with Crippen molar-refractivity contribution >= 4 is 5.97 Å².